The van der Waals surface area contributed by atoms with Crippen LogP contribution >= 0.6 is 0 Å². The van der Waals surface area contributed by atoms with Gasteiger partial charge in [0, 0.05) is 6.04 Å². The Morgan fingerprint density at radius 3 is 2.59 bits per heavy atom. The molecule has 0 amide bonds. The summed E-state index contributed by atoms with van der Waals surface area (Å²) in [6, 6.07) is -0.0246. The van der Waals surface area contributed by atoms with Crippen LogP contribution in [0.3, 0.4) is 0 Å². The van der Waals surface area contributed by atoms with Crippen LogP contribution in [0.1, 0.15) is 32.6 Å². The van der Waals surface area contributed by atoms with Gasteiger partial charge in [0.05, 0.1) is 12.4 Å². The third kappa shape index (κ3) is 3.96. The van der Waals surface area contributed by atoms with Gasteiger partial charge in [0.2, 0.25) is 0 Å². The molecule has 0 aromatic carbocycles. The van der Waals surface area contributed by atoms with E-state index in [0.29, 0.717) is 6.42 Å². The first kappa shape index (κ1) is 14.4. The molecule has 0 aromatic rings. The van der Waals surface area contributed by atoms with E-state index in [0.717, 1.165) is 25.8 Å². The van der Waals surface area contributed by atoms with E-state index >= 15 is 0 Å². The van der Waals surface area contributed by atoms with E-state index < -0.39 is 26.8 Å². The highest BCUT2D eigenvalue weighted by Gasteiger charge is 2.36. The molecule has 100 valence electrons. The largest absolute Gasteiger partial charge is 0.468 e. The minimum atomic E-state index is -3.40. The van der Waals surface area contributed by atoms with Gasteiger partial charge in [-0.1, -0.05) is 19.8 Å². The molecule has 6 heteroatoms. The smallest absolute Gasteiger partial charge is 0.320 e. The number of carbonyl (C=O) groups is 1. The van der Waals surface area contributed by atoms with Gasteiger partial charge in [-0.2, -0.15) is 0 Å². The molecular formula is C11H21NO4S. The lowest BCUT2D eigenvalue weighted by atomic mass is 9.95. The molecule has 2 unspecified atom stereocenters. The summed E-state index contributed by atoms with van der Waals surface area (Å²) in [5, 5.41) is 2.75. The van der Waals surface area contributed by atoms with Gasteiger partial charge in [-0.05, 0) is 19.4 Å². The molecule has 2 atom stereocenters. The Labute approximate surface area is 103 Å². The summed E-state index contributed by atoms with van der Waals surface area (Å²) in [6.07, 6.45) is 3.45. The first-order valence-electron chi connectivity index (χ1n) is 6.03. The molecule has 5 nitrogen and oxygen atoms in total. The Morgan fingerprint density at radius 1 is 1.35 bits per heavy atom. The molecule has 17 heavy (non-hydrogen) atoms. The fraction of sp³-hybridized carbons (Fsp3) is 0.909. The van der Waals surface area contributed by atoms with Gasteiger partial charge in [0.25, 0.3) is 0 Å². The molecule has 1 saturated carbocycles. The summed E-state index contributed by atoms with van der Waals surface area (Å²) in [6.45, 7) is 2.70. The van der Waals surface area contributed by atoms with Gasteiger partial charge in [-0.15, -0.1) is 0 Å². The lowest BCUT2D eigenvalue weighted by Gasteiger charge is -2.31. The zero-order valence-electron chi connectivity index (χ0n) is 10.4. The van der Waals surface area contributed by atoms with Gasteiger partial charge in [-0.3, -0.25) is 4.79 Å². The predicted molar refractivity (Wildman–Crippen MR) is 65.5 cm³/mol. The fourth-order valence-electron chi connectivity index (χ4n) is 2.35. The van der Waals surface area contributed by atoms with Gasteiger partial charge in [-0.25, -0.2) is 8.42 Å². The quantitative estimate of drug-likeness (QED) is 0.731. The van der Waals surface area contributed by atoms with E-state index in [2.05, 4.69) is 10.1 Å². The van der Waals surface area contributed by atoms with Crippen molar-refractivity contribution in [1.82, 2.24) is 5.32 Å². The standard InChI is InChI=1S/C11H21NO4S/c1-3-12-9-6-4-5-7-10(9)17(14,15)8-11(13)16-2/h9-10,12H,3-8H2,1-2H3. The minimum Gasteiger partial charge on any atom is -0.468 e. The second kappa shape index (κ2) is 6.35. The summed E-state index contributed by atoms with van der Waals surface area (Å²) in [7, 11) is -2.19. The van der Waals surface area contributed by atoms with Crippen LogP contribution in [0.25, 0.3) is 0 Å². The highest BCUT2D eigenvalue weighted by molar-refractivity contribution is 7.92. The van der Waals surface area contributed by atoms with Gasteiger partial charge in [0.1, 0.15) is 5.75 Å². The van der Waals surface area contributed by atoms with Crippen molar-refractivity contribution >= 4 is 15.8 Å². The van der Waals surface area contributed by atoms with Crippen molar-refractivity contribution in [2.75, 3.05) is 19.4 Å². The number of methoxy groups -OCH3 is 1. The summed E-state index contributed by atoms with van der Waals surface area (Å²) < 4.78 is 28.6. The van der Waals surface area contributed by atoms with Gasteiger partial charge < -0.3 is 10.1 Å². The van der Waals surface area contributed by atoms with Crippen LogP contribution in [-0.2, 0) is 19.4 Å². The Morgan fingerprint density at radius 2 is 2.00 bits per heavy atom. The van der Waals surface area contributed by atoms with Crippen molar-refractivity contribution in [1.29, 1.82) is 0 Å². The van der Waals surface area contributed by atoms with Crippen LogP contribution in [0.2, 0.25) is 0 Å². The summed E-state index contributed by atoms with van der Waals surface area (Å²) in [5.74, 6) is -1.18. The number of sulfone groups is 1. The molecule has 0 spiro atoms. The number of nitrogens with one attached hydrogen (secondary N) is 1. The molecular weight excluding hydrogens is 242 g/mol. The average Bonchev–Trinajstić information content (AvgIpc) is 2.29. The van der Waals surface area contributed by atoms with E-state index in [4.69, 9.17) is 0 Å². The summed E-state index contributed by atoms with van der Waals surface area (Å²) in [5.41, 5.74) is 0. The molecule has 1 aliphatic carbocycles. The zero-order chi connectivity index (χ0) is 12.9. The second-order valence-corrected chi connectivity index (χ2v) is 6.59. The van der Waals surface area contributed by atoms with E-state index in [1.54, 1.807) is 0 Å². The topological polar surface area (TPSA) is 72.5 Å². The number of hydrogen-bond donors (Lipinski definition) is 1. The molecule has 0 radical (unpaired) electrons. The van der Waals surface area contributed by atoms with E-state index in [9.17, 15) is 13.2 Å². The molecule has 0 aliphatic heterocycles. The lowest BCUT2D eigenvalue weighted by Crippen LogP contribution is -2.47. The number of ether oxygens (including phenoxy) is 1. The third-order valence-electron chi connectivity index (χ3n) is 3.18. The zero-order valence-corrected chi connectivity index (χ0v) is 11.3. The fourth-order valence-corrected chi connectivity index (χ4v) is 4.27. The van der Waals surface area contributed by atoms with Gasteiger partial charge >= 0.3 is 5.97 Å². The third-order valence-corrected chi connectivity index (χ3v) is 5.30. The molecule has 1 fully saturated rings. The van der Waals surface area contributed by atoms with Crippen molar-refractivity contribution in [2.45, 2.75) is 43.9 Å². The molecule has 0 aromatic heterocycles. The Bertz CT molecular complexity index is 350. The van der Waals surface area contributed by atoms with Crippen molar-refractivity contribution in [3.05, 3.63) is 0 Å². The minimum absolute atomic E-state index is 0.0246. The number of hydrogen-bond acceptors (Lipinski definition) is 5. The second-order valence-electron chi connectivity index (χ2n) is 4.37. The monoisotopic (exact) mass is 263 g/mol. The number of esters is 1. The van der Waals surface area contributed by atoms with Crippen molar-refractivity contribution in [3.63, 3.8) is 0 Å². The molecule has 1 N–H and O–H groups in total. The molecule has 1 rings (SSSR count). The van der Waals surface area contributed by atoms with E-state index in [1.807, 2.05) is 6.92 Å². The Kier molecular flexibility index (Phi) is 5.39. The molecule has 0 bridgehead atoms. The van der Waals surface area contributed by atoms with Crippen molar-refractivity contribution in [3.8, 4) is 0 Å². The van der Waals surface area contributed by atoms with Crippen LogP contribution < -0.4 is 5.32 Å². The summed E-state index contributed by atoms with van der Waals surface area (Å²) in [4.78, 5) is 11.1. The summed E-state index contributed by atoms with van der Waals surface area (Å²) >= 11 is 0. The van der Waals surface area contributed by atoms with Crippen LogP contribution in [0.4, 0.5) is 0 Å². The first-order chi connectivity index (χ1) is 8.01. The van der Waals surface area contributed by atoms with Crippen LogP contribution in [0.15, 0.2) is 0 Å². The van der Waals surface area contributed by atoms with Crippen LogP contribution in [-0.4, -0.2) is 45.1 Å². The Hall–Kier alpha value is -0.620. The normalized spacial score (nSPS) is 25.5. The highest BCUT2D eigenvalue weighted by atomic mass is 32.2. The van der Waals surface area contributed by atoms with Crippen LogP contribution in [0, 0.1) is 0 Å². The average molecular weight is 263 g/mol. The maximum atomic E-state index is 12.1. The lowest BCUT2D eigenvalue weighted by molar-refractivity contribution is -0.137. The number of rotatable bonds is 5. The van der Waals surface area contributed by atoms with E-state index in [-0.39, 0.29) is 6.04 Å². The SMILES string of the molecule is CCNC1CCCCC1S(=O)(=O)CC(=O)OC. The highest BCUT2D eigenvalue weighted by Crippen LogP contribution is 2.25. The maximum absolute atomic E-state index is 12.1. The number of carbonyl (C=O) groups excluding carboxylic acids is 1. The van der Waals surface area contributed by atoms with Gasteiger partial charge in [0.15, 0.2) is 9.84 Å². The predicted octanol–water partition coefficient (Wildman–Crippen LogP) is 0.495. The molecule has 0 heterocycles. The first-order valence-corrected chi connectivity index (χ1v) is 7.74. The van der Waals surface area contributed by atoms with Crippen LogP contribution in [0.5, 0.6) is 0 Å². The molecule has 1 aliphatic rings. The van der Waals surface area contributed by atoms with Crippen molar-refractivity contribution in [2.24, 2.45) is 0 Å². The maximum Gasteiger partial charge on any atom is 0.320 e. The molecule has 0 saturated heterocycles. The van der Waals surface area contributed by atoms with Crippen molar-refractivity contribution < 1.29 is 17.9 Å². The Balaban J connectivity index is 2.75. The van der Waals surface area contributed by atoms with E-state index in [1.165, 1.54) is 7.11 Å².